The summed E-state index contributed by atoms with van der Waals surface area (Å²) in [6.45, 7) is 0.266. The number of fused-ring (bicyclic) bond motifs is 1. The molecule has 4 rings (SSSR count). The van der Waals surface area contributed by atoms with Gasteiger partial charge in [-0.15, -0.1) is 0 Å². The zero-order valence-electron chi connectivity index (χ0n) is 19.8. The molecule has 1 aromatic heterocycles. The lowest BCUT2D eigenvalue weighted by molar-refractivity contribution is -0.145. The highest BCUT2D eigenvalue weighted by molar-refractivity contribution is 6.25. The third-order valence-corrected chi connectivity index (χ3v) is 6.08. The van der Waals surface area contributed by atoms with E-state index in [0.29, 0.717) is 31.5 Å². The van der Waals surface area contributed by atoms with Crippen molar-refractivity contribution in [3.05, 3.63) is 57.6 Å². The van der Waals surface area contributed by atoms with E-state index in [1.807, 2.05) is 0 Å². The number of aromatic hydroxyl groups is 1. The first-order valence-corrected chi connectivity index (χ1v) is 11.8. The molecule has 0 bridgehead atoms. The largest absolute Gasteiger partial charge is 0.502 e. The Bertz CT molecular complexity index is 1320. The number of ether oxygens (including phenoxy) is 1. The van der Waals surface area contributed by atoms with Crippen molar-refractivity contribution >= 4 is 35.3 Å². The fourth-order valence-corrected chi connectivity index (χ4v) is 4.20. The van der Waals surface area contributed by atoms with Crippen LogP contribution in [-0.4, -0.2) is 52.2 Å². The van der Waals surface area contributed by atoms with Crippen molar-refractivity contribution in [2.45, 2.75) is 51.2 Å². The molecule has 12 heteroatoms. The van der Waals surface area contributed by atoms with Gasteiger partial charge in [-0.3, -0.25) is 39.0 Å². The van der Waals surface area contributed by atoms with Crippen LogP contribution in [0.1, 0.15) is 65.0 Å². The minimum Gasteiger partial charge on any atom is -0.502 e. The average Bonchev–Trinajstić information content (AvgIpc) is 3.12. The van der Waals surface area contributed by atoms with Gasteiger partial charge in [0.1, 0.15) is 24.7 Å². The SMILES string of the molecule is O=C1CCC(N2C(=O)c3cccc(NCCCCCC(=O)OCc4cc(=O)c(O)co4)c3C2=O)C(=O)N1. The Balaban J connectivity index is 1.23. The van der Waals surface area contributed by atoms with Crippen LogP contribution in [0, 0.1) is 0 Å². The topological polar surface area (TPSA) is 172 Å². The fourth-order valence-electron chi connectivity index (χ4n) is 4.20. The summed E-state index contributed by atoms with van der Waals surface area (Å²) in [6.07, 6.45) is 3.09. The Kier molecular flexibility index (Phi) is 7.66. The predicted molar refractivity (Wildman–Crippen MR) is 127 cm³/mol. The lowest BCUT2D eigenvalue weighted by atomic mass is 10.0. The molecule has 194 valence electrons. The smallest absolute Gasteiger partial charge is 0.306 e. The molecule has 1 unspecified atom stereocenters. The van der Waals surface area contributed by atoms with E-state index >= 15 is 0 Å². The zero-order chi connectivity index (χ0) is 26.5. The third kappa shape index (κ3) is 5.68. The number of hydrogen-bond acceptors (Lipinski definition) is 10. The van der Waals surface area contributed by atoms with Crippen molar-refractivity contribution in [3.8, 4) is 5.75 Å². The lowest BCUT2D eigenvalue weighted by Gasteiger charge is -2.27. The summed E-state index contributed by atoms with van der Waals surface area (Å²) < 4.78 is 10.0. The third-order valence-electron chi connectivity index (χ3n) is 6.08. The van der Waals surface area contributed by atoms with Crippen LogP contribution in [0.3, 0.4) is 0 Å². The van der Waals surface area contributed by atoms with Crippen LogP contribution in [0.25, 0.3) is 0 Å². The molecule has 4 amide bonds. The van der Waals surface area contributed by atoms with Gasteiger partial charge in [-0.1, -0.05) is 12.5 Å². The van der Waals surface area contributed by atoms with Gasteiger partial charge in [0.2, 0.25) is 17.2 Å². The van der Waals surface area contributed by atoms with E-state index in [1.165, 1.54) is 6.07 Å². The van der Waals surface area contributed by atoms with E-state index in [-0.39, 0.29) is 42.8 Å². The number of carbonyl (C=O) groups excluding carboxylic acids is 5. The van der Waals surface area contributed by atoms with Crippen molar-refractivity contribution in [1.82, 2.24) is 10.2 Å². The van der Waals surface area contributed by atoms with Crippen LogP contribution in [0.15, 0.2) is 39.7 Å². The number of benzene rings is 1. The van der Waals surface area contributed by atoms with Crippen LogP contribution in [0.4, 0.5) is 5.69 Å². The number of amides is 4. The second kappa shape index (κ2) is 11.1. The molecule has 37 heavy (non-hydrogen) atoms. The van der Waals surface area contributed by atoms with Crippen molar-refractivity contribution in [1.29, 1.82) is 0 Å². The zero-order valence-corrected chi connectivity index (χ0v) is 19.8. The van der Waals surface area contributed by atoms with E-state index in [0.717, 1.165) is 17.2 Å². The summed E-state index contributed by atoms with van der Waals surface area (Å²) in [6, 6.07) is 4.88. The normalized spacial score (nSPS) is 17.0. The van der Waals surface area contributed by atoms with Gasteiger partial charge in [0.25, 0.3) is 11.8 Å². The van der Waals surface area contributed by atoms with Crippen LogP contribution in [-0.2, 0) is 25.7 Å². The number of rotatable bonds is 10. The second-order valence-electron chi connectivity index (χ2n) is 8.67. The maximum absolute atomic E-state index is 13.1. The number of hydrogen-bond donors (Lipinski definition) is 3. The number of esters is 1. The molecular formula is C25H25N3O9. The molecule has 1 aromatic carbocycles. The van der Waals surface area contributed by atoms with Crippen LogP contribution in [0.2, 0.25) is 0 Å². The number of imide groups is 2. The highest BCUT2D eigenvalue weighted by atomic mass is 16.5. The standard InChI is InChI=1S/C25H25N3O9/c29-18-11-14(36-13-19(18)30)12-37-21(32)7-2-1-3-10-26-16-6-4-5-15-22(16)25(35)28(24(15)34)17-8-9-20(31)27-23(17)33/h4-6,11,13,17,26,30H,1-3,7-10,12H2,(H,27,31,33). The van der Waals surface area contributed by atoms with E-state index in [9.17, 15) is 28.8 Å². The van der Waals surface area contributed by atoms with E-state index < -0.39 is 46.8 Å². The van der Waals surface area contributed by atoms with Gasteiger partial charge in [-0.05, 0) is 31.4 Å². The molecule has 1 fully saturated rings. The molecule has 1 saturated heterocycles. The summed E-state index contributed by atoms with van der Waals surface area (Å²) in [5, 5.41) is 14.5. The van der Waals surface area contributed by atoms with Crippen LogP contribution >= 0.6 is 0 Å². The van der Waals surface area contributed by atoms with E-state index in [1.54, 1.807) is 12.1 Å². The first-order valence-electron chi connectivity index (χ1n) is 11.8. The molecule has 2 aliphatic heterocycles. The molecule has 3 heterocycles. The van der Waals surface area contributed by atoms with E-state index in [4.69, 9.17) is 14.3 Å². The number of unbranched alkanes of at least 4 members (excludes halogenated alkanes) is 2. The summed E-state index contributed by atoms with van der Waals surface area (Å²) in [5.74, 6) is -3.09. The van der Waals surface area contributed by atoms with Gasteiger partial charge in [0, 0.05) is 31.1 Å². The summed E-state index contributed by atoms with van der Waals surface area (Å²) in [4.78, 5) is 73.8. The number of nitrogens with one attached hydrogen (secondary N) is 2. The van der Waals surface area contributed by atoms with Crippen molar-refractivity contribution < 1.29 is 38.2 Å². The van der Waals surface area contributed by atoms with E-state index in [2.05, 4.69) is 10.6 Å². The monoisotopic (exact) mass is 511 g/mol. The first kappa shape index (κ1) is 25.6. The Morgan fingerprint density at radius 2 is 1.95 bits per heavy atom. The van der Waals surface area contributed by atoms with Crippen molar-refractivity contribution in [2.24, 2.45) is 0 Å². The molecule has 0 radical (unpaired) electrons. The van der Waals surface area contributed by atoms with Crippen LogP contribution < -0.4 is 16.1 Å². The van der Waals surface area contributed by atoms with Gasteiger partial charge in [0.05, 0.1) is 11.1 Å². The number of piperidine rings is 1. The van der Waals surface area contributed by atoms with Crippen molar-refractivity contribution in [3.63, 3.8) is 0 Å². The Morgan fingerprint density at radius 1 is 1.14 bits per heavy atom. The Morgan fingerprint density at radius 3 is 2.70 bits per heavy atom. The molecule has 2 aliphatic rings. The van der Waals surface area contributed by atoms with Gasteiger partial charge in [-0.2, -0.15) is 0 Å². The summed E-state index contributed by atoms with van der Waals surface area (Å²) in [5.41, 5.74) is 0.248. The summed E-state index contributed by atoms with van der Waals surface area (Å²) >= 11 is 0. The van der Waals surface area contributed by atoms with Gasteiger partial charge in [0.15, 0.2) is 5.75 Å². The molecular weight excluding hydrogens is 486 g/mol. The number of nitrogens with zero attached hydrogens (tertiary/aromatic N) is 1. The molecule has 0 aliphatic carbocycles. The molecule has 0 spiro atoms. The molecule has 0 saturated carbocycles. The maximum Gasteiger partial charge on any atom is 0.306 e. The highest BCUT2D eigenvalue weighted by Gasteiger charge is 2.45. The van der Waals surface area contributed by atoms with Crippen molar-refractivity contribution in [2.75, 3.05) is 11.9 Å². The lowest BCUT2D eigenvalue weighted by Crippen LogP contribution is -2.54. The molecule has 3 N–H and O–H groups in total. The summed E-state index contributed by atoms with van der Waals surface area (Å²) in [7, 11) is 0. The van der Waals surface area contributed by atoms with Gasteiger partial charge in [-0.25, -0.2) is 0 Å². The Hall–Kier alpha value is -4.48. The van der Waals surface area contributed by atoms with Crippen LogP contribution in [0.5, 0.6) is 5.75 Å². The average molecular weight is 511 g/mol. The molecule has 12 nitrogen and oxygen atoms in total. The highest BCUT2D eigenvalue weighted by Crippen LogP contribution is 2.32. The van der Waals surface area contributed by atoms with Gasteiger partial charge < -0.3 is 19.6 Å². The molecule has 1 atom stereocenters. The maximum atomic E-state index is 13.1. The minimum absolute atomic E-state index is 0.0513. The fraction of sp³-hybridized carbons (Fsp3) is 0.360. The van der Waals surface area contributed by atoms with Gasteiger partial charge >= 0.3 is 5.97 Å². The second-order valence-corrected chi connectivity index (χ2v) is 8.67. The first-order chi connectivity index (χ1) is 17.8. The Labute approximate surface area is 210 Å². The number of anilines is 1. The minimum atomic E-state index is -1.03. The predicted octanol–water partition coefficient (Wildman–Crippen LogP) is 1.46. The molecule has 2 aromatic rings. The quantitative estimate of drug-likeness (QED) is 0.241. The number of carbonyl (C=O) groups is 5.